The van der Waals surface area contributed by atoms with Crippen LogP contribution in [0.15, 0.2) is 271 Å². The third-order valence-corrected chi connectivity index (χ3v) is 14.4. The van der Waals surface area contributed by atoms with Gasteiger partial charge < -0.3 is 13.9 Å². The Hall–Kier alpha value is -9.44. The van der Waals surface area contributed by atoms with Gasteiger partial charge in [-0.25, -0.2) is 0 Å². The predicted molar refractivity (Wildman–Crippen MR) is 299 cm³/mol. The summed E-state index contributed by atoms with van der Waals surface area (Å²) >= 11 is 0. The summed E-state index contributed by atoms with van der Waals surface area (Å²) in [5.74, 6) is 0. The van der Waals surface area contributed by atoms with Crippen LogP contribution in [0.2, 0.25) is 0 Å². The number of hydrogen-bond acceptors (Lipinski definition) is 2. The normalized spacial score (nSPS) is 11.7. The van der Waals surface area contributed by atoms with Crippen molar-refractivity contribution in [1.82, 2.24) is 4.57 Å². The van der Waals surface area contributed by atoms with Crippen molar-refractivity contribution in [3.05, 3.63) is 267 Å². The van der Waals surface area contributed by atoms with E-state index in [-0.39, 0.29) is 0 Å². The molecular formula is C68H44N2O. The number of rotatable bonds is 8. The van der Waals surface area contributed by atoms with E-state index in [1.54, 1.807) is 0 Å². The third-order valence-electron chi connectivity index (χ3n) is 14.4. The molecule has 0 bridgehead atoms. The molecule has 0 radical (unpaired) electrons. The minimum atomic E-state index is 0.910. The van der Waals surface area contributed by atoms with Crippen molar-refractivity contribution in [3.63, 3.8) is 0 Å². The fourth-order valence-corrected chi connectivity index (χ4v) is 11.0. The van der Waals surface area contributed by atoms with Gasteiger partial charge in [0.15, 0.2) is 0 Å². The molecule has 0 saturated carbocycles. The molecule has 0 aliphatic carbocycles. The molecule has 3 heteroatoms. The Morgan fingerprint density at radius 1 is 0.296 bits per heavy atom. The smallest absolute Gasteiger partial charge is 0.143 e. The van der Waals surface area contributed by atoms with E-state index in [0.717, 1.165) is 72.5 Å². The highest BCUT2D eigenvalue weighted by atomic mass is 16.3. The Morgan fingerprint density at radius 3 is 1.51 bits per heavy atom. The molecular weight excluding hydrogens is 861 g/mol. The van der Waals surface area contributed by atoms with E-state index in [1.807, 2.05) is 12.1 Å². The highest BCUT2D eigenvalue weighted by Gasteiger charge is 2.20. The second-order valence-electron chi connectivity index (χ2n) is 18.4. The Balaban J connectivity index is 0.833. The molecule has 332 valence electrons. The summed E-state index contributed by atoms with van der Waals surface area (Å²) in [4.78, 5) is 2.41. The van der Waals surface area contributed by atoms with Crippen molar-refractivity contribution in [2.75, 3.05) is 4.90 Å². The van der Waals surface area contributed by atoms with E-state index in [9.17, 15) is 0 Å². The fourth-order valence-electron chi connectivity index (χ4n) is 11.0. The molecule has 3 nitrogen and oxygen atoms in total. The van der Waals surface area contributed by atoms with E-state index in [2.05, 4.69) is 264 Å². The number of nitrogens with zero attached hydrogens (tertiary/aromatic N) is 2. The minimum Gasteiger partial charge on any atom is -0.455 e. The van der Waals surface area contributed by atoms with Crippen LogP contribution >= 0.6 is 0 Å². The zero-order chi connectivity index (χ0) is 46.8. The van der Waals surface area contributed by atoms with Crippen LogP contribution in [0.25, 0.3) is 115 Å². The Labute approximate surface area is 411 Å². The van der Waals surface area contributed by atoms with Crippen LogP contribution in [0.5, 0.6) is 0 Å². The average molecular weight is 905 g/mol. The van der Waals surface area contributed by atoms with Crippen molar-refractivity contribution in [2.24, 2.45) is 0 Å². The van der Waals surface area contributed by atoms with Crippen molar-refractivity contribution in [2.45, 2.75) is 0 Å². The van der Waals surface area contributed by atoms with E-state index < -0.39 is 0 Å². The number of furan rings is 1. The summed E-state index contributed by atoms with van der Waals surface area (Å²) in [5.41, 5.74) is 17.9. The largest absolute Gasteiger partial charge is 0.455 e. The monoisotopic (exact) mass is 904 g/mol. The Bertz CT molecular complexity index is 4280. The first-order valence-corrected chi connectivity index (χ1v) is 24.3. The molecule has 0 aliphatic heterocycles. The van der Waals surface area contributed by atoms with Crippen molar-refractivity contribution in [3.8, 4) is 50.2 Å². The van der Waals surface area contributed by atoms with Crippen molar-refractivity contribution in [1.29, 1.82) is 0 Å². The SMILES string of the molecule is c1cc(-c2ccc(N(c3ccc(-c4ccc(-c5cccc6c5oc5ccccc56)cc4)cc3)c3cc4ccccc4c4ccccc34)cc2)cc(-c2ccccc2-n2c3ccccc3c3ccccc32)c1. The van der Waals surface area contributed by atoms with Crippen LogP contribution in [-0.2, 0) is 0 Å². The van der Waals surface area contributed by atoms with Gasteiger partial charge >= 0.3 is 0 Å². The van der Waals surface area contributed by atoms with E-state index in [0.29, 0.717) is 0 Å². The first-order chi connectivity index (χ1) is 35.2. The lowest BCUT2D eigenvalue weighted by Crippen LogP contribution is -2.10. The van der Waals surface area contributed by atoms with E-state index in [4.69, 9.17) is 4.42 Å². The van der Waals surface area contributed by atoms with Crippen LogP contribution in [0, 0.1) is 0 Å². The van der Waals surface area contributed by atoms with Crippen LogP contribution < -0.4 is 4.90 Å². The van der Waals surface area contributed by atoms with Crippen LogP contribution in [0.4, 0.5) is 17.1 Å². The van der Waals surface area contributed by atoms with Crippen molar-refractivity contribution >= 4 is 82.4 Å². The first kappa shape index (κ1) is 40.6. The van der Waals surface area contributed by atoms with Gasteiger partial charge in [-0.1, -0.05) is 206 Å². The van der Waals surface area contributed by atoms with Gasteiger partial charge in [-0.15, -0.1) is 0 Å². The number of aromatic nitrogens is 1. The molecule has 0 unspecified atom stereocenters. The summed E-state index contributed by atoms with van der Waals surface area (Å²) in [6, 6.07) is 96.7. The molecule has 0 atom stereocenters. The number of hydrogen-bond donors (Lipinski definition) is 0. The Morgan fingerprint density at radius 2 is 0.789 bits per heavy atom. The highest BCUT2D eigenvalue weighted by molar-refractivity contribution is 6.15. The van der Waals surface area contributed by atoms with E-state index in [1.165, 1.54) is 60.0 Å². The van der Waals surface area contributed by atoms with Gasteiger partial charge in [0.25, 0.3) is 0 Å². The summed E-state index contributed by atoms with van der Waals surface area (Å²) in [5, 5.41) is 9.68. The minimum absolute atomic E-state index is 0.910. The maximum Gasteiger partial charge on any atom is 0.143 e. The average Bonchev–Trinajstić information content (AvgIpc) is 4.00. The highest BCUT2D eigenvalue weighted by Crippen LogP contribution is 2.44. The van der Waals surface area contributed by atoms with Gasteiger partial charge in [-0.2, -0.15) is 0 Å². The van der Waals surface area contributed by atoms with Gasteiger partial charge in [0, 0.05) is 49.4 Å². The molecule has 71 heavy (non-hydrogen) atoms. The lowest BCUT2D eigenvalue weighted by Gasteiger charge is -2.28. The topological polar surface area (TPSA) is 21.3 Å². The van der Waals surface area contributed by atoms with Gasteiger partial charge in [0.05, 0.1) is 22.4 Å². The zero-order valence-electron chi connectivity index (χ0n) is 38.7. The summed E-state index contributed by atoms with van der Waals surface area (Å²) in [6.07, 6.45) is 0. The van der Waals surface area contributed by atoms with Gasteiger partial charge in [-0.05, 0) is 110 Å². The number of benzene rings is 12. The summed E-state index contributed by atoms with van der Waals surface area (Å²) in [6.45, 7) is 0. The summed E-state index contributed by atoms with van der Waals surface area (Å²) < 4.78 is 8.81. The molecule has 0 aliphatic rings. The van der Waals surface area contributed by atoms with Crippen molar-refractivity contribution < 1.29 is 4.42 Å². The molecule has 0 spiro atoms. The second-order valence-corrected chi connectivity index (χ2v) is 18.4. The van der Waals surface area contributed by atoms with Crippen LogP contribution in [0.3, 0.4) is 0 Å². The van der Waals surface area contributed by atoms with Crippen LogP contribution in [0.1, 0.15) is 0 Å². The van der Waals surface area contributed by atoms with Crippen LogP contribution in [-0.4, -0.2) is 4.57 Å². The molecule has 0 saturated heterocycles. The standard InChI is InChI=1S/C68H44N2O/c1-2-18-54-51(15-1)44-66(58-21-4-3-20-57(54)58)69(52-39-35-46(36-40-52)45-31-33-48(34-32-45)56-25-14-26-62-61-24-8-12-30-67(61)71-68(56)62)53-41-37-47(38-42-53)49-16-13-17-50(43-49)55-19-5-9-27-63(55)70-64-28-10-6-22-59(64)60-23-7-11-29-65(60)70/h1-44H. The maximum atomic E-state index is 6.39. The molecule has 0 amide bonds. The third kappa shape index (κ3) is 6.82. The number of anilines is 3. The lowest BCUT2D eigenvalue weighted by molar-refractivity contribution is 0.670. The number of fused-ring (bicyclic) bond motifs is 9. The first-order valence-electron chi connectivity index (χ1n) is 24.3. The second kappa shape index (κ2) is 16.7. The quantitative estimate of drug-likeness (QED) is 0.142. The fraction of sp³-hybridized carbons (Fsp3) is 0. The molecule has 2 aromatic heterocycles. The zero-order valence-corrected chi connectivity index (χ0v) is 38.7. The van der Waals surface area contributed by atoms with E-state index >= 15 is 0 Å². The van der Waals surface area contributed by atoms with Gasteiger partial charge in [0.1, 0.15) is 11.2 Å². The number of para-hydroxylation sites is 5. The molecule has 0 N–H and O–H groups in total. The molecule has 0 fully saturated rings. The molecule has 14 aromatic rings. The lowest BCUT2D eigenvalue weighted by atomic mass is 9.97. The molecule has 12 aromatic carbocycles. The molecule has 14 rings (SSSR count). The molecule has 2 heterocycles. The van der Waals surface area contributed by atoms with Gasteiger partial charge in [0.2, 0.25) is 0 Å². The summed E-state index contributed by atoms with van der Waals surface area (Å²) in [7, 11) is 0. The predicted octanol–water partition coefficient (Wildman–Crippen LogP) is 19.1. The van der Waals surface area contributed by atoms with Gasteiger partial charge in [-0.3, -0.25) is 0 Å². The Kier molecular flexibility index (Phi) is 9.53. The maximum absolute atomic E-state index is 6.39.